The molecule has 0 saturated heterocycles. The van der Waals surface area contributed by atoms with Gasteiger partial charge >= 0.3 is 0 Å². The Hall–Kier alpha value is -17.5. The molecule has 0 radical (unpaired) electrons. The van der Waals surface area contributed by atoms with Crippen LogP contribution < -0.4 is 0 Å². The number of hydrogen-bond acceptors (Lipinski definition) is 9. The fraction of sp³-hybridized carbons (Fsp3) is 0.129. The van der Waals surface area contributed by atoms with Crippen molar-refractivity contribution >= 4 is 10.8 Å². The molecule has 0 fully saturated rings. The van der Waals surface area contributed by atoms with Crippen LogP contribution in [0.4, 0.5) is 0 Å². The van der Waals surface area contributed by atoms with Crippen molar-refractivity contribution in [2.75, 3.05) is 0 Å². The van der Waals surface area contributed by atoms with Gasteiger partial charge in [-0.05, 0) is 196 Å². The molecule has 3 aromatic heterocycles. The normalized spacial score (nSPS) is 14.1. The highest BCUT2D eigenvalue weighted by Gasteiger charge is 2.50. The molecule has 0 amide bonds. The summed E-state index contributed by atoms with van der Waals surface area (Å²) < 4.78 is 0. The van der Waals surface area contributed by atoms with Gasteiger partial charge in [0.2, 0.25) is 0 Å². The molecule has 9 nitrogen and oxygen atoms in total. The molecule has 0 unspecified atom stereocenters. The summed E-state index contributed by atoms with van der Waals surface area (Å²) in [6.45, 7) is 28.8. The van der Waals surface area contributed by atoms with Crippen molar-refractivity contribution in [1.82, 2.24) is 44.9 Å². The lowest BCUT2D eigenvalue weighted by molar-refractivity contribution is 0.299. The van der Waals surface area contributed by atoms with Gasteiger partial charge in [-0.1, -0.05) is 526 Å². The maximum atomic E-state index is 5.12. The van der Waals surface area contributed by atoms with Crippen LogP contribution in [0.15, 0.2) is 467 Å². The number of hydrogen-bond donors (Lipinski definition) is 0. The van der Waals surface area contributed by atoms with Crippen molar-refractivity contribution < 1.29 is 0 Å². The van der Waals surface area contributed by atoms with Gasteiger partial charge < -0.3 is 0 Å². The first-order valence-corrected chi connectivity index (χ1v) is 51.3. The summed E-state index contributed by atoms with van der Waals surface area (Å²) in [7, 11) is 0. The largest absolute Gasteiger partial charge is 0.208 e. The fourth-order valence-electron chi connectivity index (χ4n) is 22.4. The van der Waals surface area contributed by atoms with Crippen molar-refractivity contribution in [3.05, 3.63) is 500 Å². The maximum Gasteiger partial charge on any atom is 0.164 e. The molecule has 22 aromatic rings. The summed E-state index contributed by atoms with van der Waals surface area (Å²) in [4.78, 5) is 45.2. The van der Waals surface area contributed by atoms with E-state index in [1.54, 1.807) is 0 Å². The van der Waals surface area contributed by atoms with E-state index < -0.39 is 0 Å². The Morgan fingerprint density at radius 1 is 0.122 bits per heavy atom. The van der Waals surface area contributed by atoms with Crippen LogP contribution in [0.5, 0.6) is 0 Å². The third-order valence-corrected chi connectivity index (χ3v) is 32.5. The van der Waals surface area contributed by atoms with Gasteiger partial charge in [0.1, 0.15) is 0 Å². The lowest BCUT2D eigenvalue weighted by atomic mass is 9.54. The molecule has 9 heteroatoms. The van der Waals surface area contributed by atoms with Gasteiger partial charge in [-0.3, -0.25) is 0 Å². The fourth-order valence-corrected chi connectivity index (χ4v) is 22.4. The van der Waals surface area contributed by atoms with Crippen molar-refractivity contribution in [2.24, 2.45) is 0 Å². The van der Waals surface area contributed by atoms with Gasteiger partial charge in [-0.25, -0.2) is 44.9 Å². The molecule has 3 heterocycles. The summed E-state index contributed by atoms with van der Waals surface area (Å²) in [5.41, 5.74) is 38.6. The zero-order chi connectivity index (χ0) is 101. The molecule has 0 saturated carbocycles. The second kappa shape index (κ2) is 38.2. The zero-order valence-corrected chi connectivity index (χ0v) is 85.5. The van der Waals surface area contributed by atoms with Crippen LogP contribution in [-0.4, -0.2) is 44.9 Å². The van der Waals surface area contributed by atoms with Crippen LogP contribution in [0.1, 0.15) is 116 Å². The number of rotatable bonds is 15. The van der Waals surface area contributed by atoms with Gasteiger partial charge in [-0.2, -0.15) is 0 Å². The minimum absolute atomic E-state index is 0.0885. The van der Waals surface area contributed by atoms with E-state index in [1.165, 1.54) is 128 Å². The zero-order valence-electron chi connectivity index (χ0n) is 85.5. The van der Waals surface area contributed by atoms with E-state index in [9.17, 15) is 0 Å². The number of benzene rings is 19. The highest BCUT2D eigenvalue weighted by molar-refractivity contribution is 6.07. The summed E-state index contributed by atoms with van der Waals surface area (Å²) >= 11 is 0. The molecule has 0 bridgehead atoms. The van der Waals surface area contributed by atoms with Crippen molar-refractivity contribution in [3.63, 3.8) is 0 Å². The second-order valence-corrected chi connectivity index (χ2v) is 42.3. The lowest BCUT2D eigenvalue weighted by Gasteiger charge is -2.49. The topological polar surface area (TPSA) is 116 Å². The van der Waals surface area contributed by atoms with E-state index in [0.717, 1.165) is 66.6 Å². The standard InChI is InChI=1S/C49H39N3.2C45H37N3/c1-48(2)42-28-16-26-39(44(42)41-30-29-35(31-43(41)49(48,3)4)32-17-8-5-9-18-32)37-24-14-25-38-36(37)23-15-27-40(38)47-51-45(33-19-10-6-11-20-33)50-46(52-47)34-21-12-7-13-22-34;1-44(2)39-27-26-34(29-38(39)37-25-15-24-36(40(37)45(44,3)4)30-16-8-5-9-17-30)33-22-14-23-35(28-33)43-47-41(31-18-10-6-11-19-31)46-42(48-43)32-20-12-7-13-21-32;1-44(2)38-26-16-25-35(40(38)37-28-27-33(29-39(37)45(44,3)4)30-17-8-5-9-18-30)34-23-14-15-24-36(34)43-47-41(31-19-10-6-11-20-31)46-42(48-43)32-21-12-7-13-22-32/h5-31H,1-4H3;2*5-29H,1-4H3. The Labute approximate surface area is 868 Å². The Morgan fingerprint density at radius 3 is 0.797 bits per heavy atom. The van der Waals surface area contributed by atoms with Crippen LogP contribution >= 0.6 is 0 Å². The molecule has 0 spiro atoms. The Kier molecular flexibility index (Phi) is 24.3. The molecule has 19 aromatic carbocycles. The average molecular weight is 1910 g/mol. The van der Waals surface area contributed by atoms with E-state index >= 15 is 0 Å². The summed E-state index contributed by atoms with van der Waals surface area (Å²) in [5, 5.41) is 2.28. The molecule has 714 valence electrons. The van der Waals surface area contributed by atoms with Gasteiger partial charge in [-0.15, -0.1) is 0 Å². The smallest absolute Gasteiger partial charge is 0.164 e. The molecule has 0 atom stereocenters. The number of nitrogens with zero attached hydrogens (tertiary/aromatic N) is 9. The van der Waals surface area contributed by atoms with E-state index in [-0.39, 0.29) is 32.5 Å². The first-order chi connectivity index (χ1) is 71.9. The average Bonchev–Trinajstić information content (AvgIpc) is 0.711. The molecule has 3 aliphatic carbocycles. The van der Waals surface area contributed by atoms with Gasteiger partial charge in [0, 0.05) is 55.5 Å². The SMILES string of the molecule is CC1(C)c2cc(-c3ccccc3)ccc2-c2c(-c3cccc4c(-c5nc(-c6ccccc6)nc(-c6ccccc6)n5)cccc34)cccc2C1(C)C.CC1(C)c2cc(-c3ccccc3)ccc2-c2c(-c3ccccc3-c3nc(-c4ccccc4)nc(-c4ccccc4)n3)cccc2C1(C)C.CC1(C)c2ccc(-c3cccc(-c4nc(-c5ccccc5)nc(-c5ccccc5)n4)c3)cc2-c2cccc(-c3ccccc3)c2C1(C)C. The monoisotopic (exact) mass is 1910 g/mol. The first-order valence-electron chi connectivity index (χ1n) is 51.3. The molecule has 0 N–H and O–H groups in total. The Morgan fingerprint density at radius 2 is 0.378 bits per heavy atom. The minimum Gasteiger partial charge on any atom is -0.208 e. The Balaban J connectivity index is 0.000000122. The molecular formula is C139H113N9. The highest BCUT2D eigenvalue weighted by Crippen LogP contribution is 2.61. The molecule has 0 aliphatic heterocycles. The van der Waals surface area contributed by atoms with Gasteiger partial charge in [0.15, 0.2) is 52.4 Å². The van der Waals surface area contributed by atoms with E-state index in [1.807, 2.05) is 133 Å². The molecule has 25 rings (SSSR count). The van der Waals surface area contributed by atoms with Crippen LogP contribution in [0.2, 0.25) is 0 Å². The van der Waals surface area contributed by atoms with Gasteiger partial charge in [0.05, 0.1) is 0 Å². The van der Waals surface area contributed by atoms with Crippen molar-refractivity contribution in [3.8, 4) is 203 Å². The number of fused-ring (bicyclic) bond motifs is 10. The van der Waals surface area contributed by atoms with E-state index in [2.05, 4.69) is 417 Å². The first kappa shape index (κ1) is 94.1. The second-order valence-electron chi connectivity index (χ2n) is 42.3. The lowest BCUT2D eigenvalue weighted by Crippen LogP contribution is -2.44. The van der Waals surface area contributed by atoms with Gasteiger partial charge in [0.25, 0.3) is 0 Å². The molecule has 3 aliphatic rings. The molecular weight excluding hydrogens is 1800 g/mol. The predicted molar refractivity (Wildman–Crippen MR) is 613 cm³/mol. The quantitative estimate of drug-likeness (QED) is 0.0989. The maximum absolute atomic E-state index is 5.12. The van der Waals surface area contributed by atoms with Crippen LogP contribution in [-0.2, 0) is 32.5 Å². The summed E-state index contributed by atoms with van der Waals surface area (Å²) in [6.07, 6.45) is 0. The Bertz CT molecular complexity index is 8600. The van der Waals surface area contributed by atoms with Crippen LogP contribution in [0, 0.1) is 0 Å². The van der Waals surface area contributed by atoms with Crippen molar-refractivity contribution in [2.45, 2.75) is 116 Å². The third kappa shape index (κ3) is 16.9. The van der Waals surface area contributed by atoms with Crippen molar-refractivity contribution in [1.29, 1.82) is 0 Å². The molecule has 148 heavy (non-hydrogen) atoms. The highest BCUT2D eigenvalue weighted by atomic mass is 15.1. The summed E-state index contributed by atoms with van der Waals surface area (Å²) in [6, 6.07) is 165. The third-order valence-electron chi connectivity index (χ3n) is 32.5. The van der Waals surface area contributed by atoms with Crippen LogP contribution in [0.3, 0.4) is 0 Å². The van der Waals surface area contributed by atoms with Crippen LogP contribution in [0.25, 0.3) is 213 Å². The van der Waals surface area contributed by atoms with E-state index in [4.69, 9.17) is 44.9 Å². The van der Waals surface area contributed by atoms with E-state index in [0.29, 0.717) is 52.4 Å². The summed E-state index contributed by atoms with van der Waals surface area (Å²) in [5.74, 6) is 5.93. The predicted octanol–water partition coefficient (Wildman–Crippen LogP) is 35.5. The number of aromatic nitrogens is 9. The minimum atomic E-state index is -0.135.